The van der Waals surface area contributed by atoms with Crippen molar-refractivity contribution in [2.45, 2.75) is 49.6 Å². The molecule has 0 spiro atoms. The monoisotopic (exact) mass is 265 g/mol. The van der Waals surface area contributed by atoms with Gasteiger partial charge in [-0.05, 0) is 55.7 Å². The molecule has 1 aliphatic rings. The van der Waals surface area contributed by atoms with Crippen LogP contribution in [0.3, 0.4) is 0 Å². The van der Waals surface area contributed by atoms with Crippen LogP contribution < -0.4 is 4.90 Å². The van der Waals surface area contributed by atoms with E-state index in [1.165, 1.54) is 10.6 Å². The number of hydrogen-bond acceptors (Lipinski definition) is 3. The smallest absolute Gasteiger partial charge is 0.0541 e. The van der Waals surface area contributed by atoms with Crippen LogP contribution in [0.2, 0.25) is 0 Å². The van der Waals surface area contributed by atoms with Crippen LogP contribution in [0.25, 0.3) is 0 Å². The maximum Gasteiger partial charge on any atom is 0.0541 e. The Labute approximate surface area is 114 Å². The highest BCUT2D eigenvalue weighted by Gasteiger charge is 2.22. The fourth-order valence-electron chi connectivity index (χ4n) is 2.60. The molecule has 0 amide bonds. The summed E-state index contributed by atoms with van der Waals surface area (Å²) in [7, 11) is 2.17. The van der Waals surface area contributed by atoms with Crippen molar-refractivity contribution in [2.75, 3.05) is 17.7 Å². The topological polar surface area (TPSA) is 23.5 Å². The van der Waals surface area contributed by atoms with Crippen molar-refractivity contribution in [3.05, 3.63) is 24.3 Å². The van der Waals surface area contributed by atoms with E-state index in [4.69, 9.17) is 0 Å². The van der Waals surface area contributed by atoms with Crippen LogP contribution in [0.4, 0.5) is 5.69 Å². The van der Waals surface area contributed by atoms with Gasteiger partial charge in [0.2, 0.25) is 0 Å². The van der Waals surface area contributed by atoms with E-state index >= 15 is 0 Å². The first kappa shape index (κ1) is 13.8. The number of benzene rings is 1. The lowest BCUT2D eigenvalue weighted by Gasteiger charge is -2.34. The molecular weight excluding hydrogens is 242 g/mol. The van der Waals surface area contributed by atoms with Gasteiger partial charge in [0.05, 0.1) is 6.10 Å². The molecule has 0 atom stereocenters. The van der Waals surface area contributed by atoms with Crippen LogP contribution in [0.1, 0.15) is 32.6 Å². The molecule has 0 saturated heterocycles. The van der Waals surface area contributed by atoms with Gasteiger partial charge in [0.1, 0.15) is 0 Å². The molecular formula is C15H23NOS. The average molecular weight is 265 g/mol. The molecule has 0 radical (unpaired) electrons. The summed E-state index contributed by atoms with van der Waals surface area (Å²) >= 11 is 1.88. The molecule has 1 fully saturated rings. The summed E-state index contributed by atoms with van der Waals surface area (Å²) in [6.45, 7) is 2.18. The highest BCUT2D eigenvalue weighted by Crippen LogP contribution is 2.28. The van der Waals surface area contributed by atoms with E-state index < -0.39 is 0 Å². The number of aliphatic hydroxyl groups excluding tert-OH is 1. The van der Waals surface area contributed by atoms with E-state index in [1.54, 1.807) is 0 Å². The number of nitrogens with zero attached hydrogens (tertiary/aromatic N) is 1. The number of rotatable bonds is 4. The predicted molar refractivity (Wildman–Crippen MR) is 79.5 cm³/mol. The van der Waals surface area contributed by atoms with Crippen LogP contribution in [-0.4, -0.2) is 30.1 Å². The molecule has 0 unspecified atom stereocenters. The second-order valence-electron chi connectivity index (χ2n) is 5.00. The van der Waals surface area contributed by atoms with Crippen molar-refractivity contribution in [1.82, 2.24) is 0 Å². The molecule has 3 heteroatoms. The van der Waals surface area contributed by atoms with Crippen molar-refractivity contribution in [1.29, 1.82) is 0 Å². The van der Waals surface area contributed by atoms with Crippen molar-refractivity contribution in [3.63, 3.8) is 0 Å². The number of thioether (sulfide) groups is 1. The summed E-state index contributed by atoms with van der Waals surface area (Å²) in [5.41, 5.74) is 1.29. The molecule has 1 N–H and O–H groups in total. The average Bonchev–Trinajstić information content (AvgIpc) is 2.40. The molecule has 1 aliphatic carbocycles. The molecule has 1 aromatic rings. The van der Waals surface area contributed by atoms with E-state index in [2.05, 4.69) is 43.1 Å². The third kappa shape index (κ3) is 3.42. The van der Waals surface area contributed by atoms with Gasteiger partial charge in [0.15, 0.2) is 0 Å². The lowest BCUT2D eigenvalue weighted by molar-refractivity contribution is 0.122. The van der Waals surface area contributed by atoms with Gasteiger partial charge in [-0.3, -0.25) is 0 Å². The molecule has 0 heterocycles. The Morgan fingerprint density at radius 1 is 1.17 bits per heavy atom. The highest BCUT2D eigenvalue weighted by molar-refractivity contribution is 7.99. The van der Waals surface area contributed by atoms with Gasteiger partial charge in [-0.1, -0.05) is 6.92 Å². The summed E-state index contributed by atoms with van der Waals surface area (Å²) in [6, 6.07) is 9.42. The minimum Gasteiger partial charge on any atom is -0.393 e. The van der Waals surface area contributed by atoms with E-state index in [0.29, 0.717) is 6.04 Å². The fourth-order valence-corrected chi connectivity index (χ4v) is 3.26. The quantitative estimate of drug-likeness (QED) is 0.842. The molecule has 1 saturated carbocycles. The summed E-state index contributed by atoms with van der Waals surface area (Å²) in [5, 5.41) is 9.55. The van der Waals surface area contributed by atoms with Crippen LogP contribution in [0.15, 0.2) is 29.2 Å². The third-order valence-electron chi connectivity index (χ3n) is 3.77. The number of aliphatic hydroxyl groups is 1. The standard InChI is InChI=1S/C15H23NOS/c1-3-18-15-10-6-13(7-11-15)16(2)12-4-8-14(17)9-5-12/h6-7,10-12,14,17H,3-5,8-9H2,1-2H3. The first-order valence-corrected chi connectivity index (χ1v) is 7.83. The second-order valence-corrected chi connectivity index (χ2v) is 6.34. The van der Waals surface area contributed by atoms with Gasteiger partial charge in [0, 0.05) is 23.7 Å². The maximum atomic E-state index is 9.55. The molecule has 0 bridgehead atoms. The predicted octanol–water partition coefficient (Wildman–Crippen LogP) is 3.54. The van der Waals surface area contributed by atoms with Crippen LogP contribution in [-0.2, 0) is 0 Å². The Balaban J connectivity index is 1.97. The molecule has 100 valence electrons. The summed E-state index contributed by atoms with van der Waals surface area (Å²) in [5.74, 6) is 1.12. The van der Waals surface area contributed by atoms with E-state index in [-0.39, 0.29) is 6.10 Å². The fraction of sp³-hybridized carbons (Fsp3) is 0.600. The Kier molecular flexibility index (Phi) is 4.95. The highest BCUT2D eigenvalue weighted by atomic mass is 32.2. The number of anilines is 1. The minimum absolute atomic E-state index is 0.0713. The van der Waals surface area contributed by atoms with E-state index in [9.17, 15) is 5.11 Å². The van der Waals surface area contributed by atoms with Gasteiger partial charge in [-0.15, -0.1) is 11.8 Å². The SMILES string of the molecule is CCSc1ccc(N(C)C2CCC(O)CC2)cc1. The molecule has 2 rings (SSSR count). The van der Waals surface area contributed by atoms with Gasteiger partial charge in [0.25, 0.3) is 0 Å². The van der Waals surface area contributed by atoms with Crippen molar-refractivity contribution < 1.29 is 5.11 Å². The third-order valence-corrected chi connectivity index (χ3v) is 4.66. The second kappa shape index (κ2) is 6.48. The van der Waals surface area contributed by atoms with Crippen LogP contribution in [0, 0.1) is 0 Å². The Hall–Kier alpha value is -0.670. The maximum absolute atomic E-state index is 9.55. The summed E-state index contributed by atoms with van der Waals surface area (Å²) in [6.07, 6.45) is 4.02. The van der Waals surface area contributed by atoms with Gasteiger partial charge in [-0.25, -0.2) is 0 Å². The van der Waals surface area contributed by atoms with Crippen LogP contribution in [0.5, 0.6) is 0 Å². The Bertz CT molecular complexity index is 357. The minimum atomic E-state index is -0.0713. The van der Waals surface area contributed by atoms with Crippen molar-refractivity contribution in [2.24, 2.45) is 0 Å². The van der Waals surface area contributed by atoms with Crippen molar-refractivity contribution >= 4 is 17.4 Å². The first-order chi connectivity index (χ1) is 8.70. The van der Waals surface area contributed by atoms with Crippen LogP contribution >= 0.6 is 11.8 Å². The molecule has 0 aromatic heterocycles. The van der Waals surface area contributed by atoms with Gasteiger partial charge >= 0.3 is 0 Å². The van der Waals surface area contributed by atoms with Crippen molar-refractivity contribution in [3.8, 4) is 0 Å². The Morgan fingerprint density at radius 3 is 2.33 bits per heavy atom. The summed E-state index contributed by atoms with van der Waals surface area (Å²) in [4.78, 5) is 3.71. The lowest BCUT2D eigenvalue weighted by Crippen LogP contribution is -2.36. The normalized spacial score (nSPS) is 23.9. The zero-order valence-corrected chi connectivity index (χ0v) is 12.1. The molecule has 1 aromatic carbocycles. The Morgan fingerprint density at radius 2 is 1.78 bits per heavy atom. The van der Waals surface area contributed by atoms with Gasteiger partial charge < -0.3 is 10.0 Å². The number of hydrogen-bond donors (Lipinski definition) is 1. The molecule has 0 aliphatic heterocycles. The van der Waals surface area contributed by atoms with E-state index in [1.807, 2.05) is 11.8 Å². The molecule has 2 nitrogen and oxygen atoms in total. The zero-order valence-electron chi connectivity index (χ0n) is 11.3. The van der Waals surface area contributed by atoms with E-state index in [0.717, 1.165) is 31.4 Å². The summed E-state index contributed by atoms with van der Waals surface area (Å²) < 4.78 is 0. The molecule has 18 heavy (non-hydrogen) atoms. The largest absolute Gasteiger partial charge is 0.393 e. The lowest BCUT2D eigenvalue weighted by atomic mass is 9.92. The first-order valence-electron chi connectivity index (χ1n) is 6.84. The zero-order chi connectivity index (χ0) is 13.0. The van der Waals surface area contributed by atoms with Gasteiger partial charge in [-0.2, -0.15) is 0 Å².